The van der Waals surface area contributed by atoms with Crippen LogP contribution < -0.4 is 5.32 Å². The van der Waals surface area contributed by atoms with Crippen molar-refractivity contribution in [2.45, 2.75) is 18.8 Å². The molecule has 0 bridgehead atoms. The first kappa shape index (κ1) is 9.66. The molecule has 3 rings (SSSR count). The van der Waals surface area contributed by atoms with E-state index in [0.29, 0.717) is 11.5 Å². The highest BCUT2D eigenvalue weighted by Crippen LogP contribution is 2.33. The lowest BCUT2D eigenvalue weighted by molar-refractivity contribution is 0.393. The molecule has 1 aliphatic heterocycles. The number of benzene rings is 1. The van der Waals surface area contributed by atoms with Crippen LogP contribution in [-0.2, 0) is 0 Å². The summed E-state index contributed by atoms with van der Waals surface area (Å²) in [5.41, 5.74) is 1.50. The third-order valence-electron chi connectivity index (χ3n) is 3.23. The van der Waals surface area contributed by atoms with Crippen molar-refractivity contribution in [2.24, 2.45) is 0 Å². The van der Waals surface area contributed by atoms with Gasteiger partial charge in [-0.2, -0.15) is 0 Å². The Morgan fingerprint density at radius 3 is 2.94 bits per heavy atom. The van der Waals surface area contributed by atoms with Gasteiger partial charge in [-0.3, -0.25) is 0 Å². The molecule has 0 aliphatic carbocycles. The first-order valence-corrected chi connectivity index (χ1v) is 5.64. The van der Waals surface area contributed by atoms with Gasteiger partial charge in [0.2, 0.25) is 5.58 Å². The summed E-state index contributed by atoms with van der Waals surface area (Å²) in [4.78, 5) is 0. The van der Waals surface area contributed by atoms with Gasteiger partial charge in [-0.15, -0.1) is 0 Å². The average Bonchev–Trinajstić information content (AvgIpc) is 2.75. The van der Waals surface area contributed by atoms with E-state index in [9.17, 15) is 5.11 Å². The van der Waals surface area contributed by atoms with E-state index in [2.05, 4.69) is 10.5 Å². The van der Waals surface area contributed by atoms with E-state index in [-0.39, 0.29) is 5.75 Å². The molecule has 0 unspecified atom stereocenters. The van der Waals surface area contributed by atoms with Gasteiger partial charge in [0, 0.05) is 11.3 Å². The Morgan fingerprint density at radius 2 is 2.12 bits per heavy atom. The second-order valence-electron chi connectivity index (χ2n) is 4.25. The lowest BCUT2D eigenvalue weighted by Crippen LogP contribution is -2.26. The smallest absolute Gasteiger partial charge is 0.208 e. The number of para-hydroxylation sites is 1. The summed E-state index contributed by atoms with van der Waals surface area (Å²) in [5, 5.41) is 18.0. The van der Waals surface area contributed by atoms with E-state index < -0.39 is 0 Å². The van der Waals surface area contributed by atoms with Crippen molar-refractivity contribution in [1.29, 1.82) is 0 Å². The first-order valence-electron chi connectivity index (χ1n) is 5.64. The van der Waals surface area contributed by atoms with Crippen molar-refractivity contribution in [1.82, 2.24) is 10.5 Å². The van der Waals surface area contributed by atoms with Crippen molar-refractivity contribution < 1.29 is 9.63 Å². The molecule has 4 nitrogen and oxygen atoms in total. The number of aromatic nitrogens is 1. The average molecular weight is 218 g/mol. The molecule has 1 aromatic heterocycles. The monoisotopic (exact) mass is 218 g/mol. The standard InChI is InChI=1S/C12H14N2O2/c15-10-3-1-2-9-11(14-16-12(9)10)8-4-6-13-7-5-8/h1-3,8,13,15H,4-7H2. The predicted octanol–water partition coefficient (Wildman–Crippen LogP) is 2.00. The van der Waals surface area contributed by atoms with Crippen LogP contribution in [0.25, 0.3) is 11.0 Å². The van der Waals surface area contributed by atoms with Crippen LogP contribution in [0.4, 0.5) is 0 Å². The zero-order valence-electron chi connectivity index (χ0n) is 8.94. The molecule has 4 heteroatoms. The Bertz CT molecular complexity index is 501. The summed E-state index contributed by atoms with van der Waals surface area (Å²) in [5.74, 6) is 0.620. The number of hydrogen-bond acceptors (Lipinski definition) is 4. The van der Waals surface area contributed by atoms with Gasteiger partial charge in [0.15, 0.2) is 5.75 Å². The molecule has 0 atom stereocenters. The molecular formula is C12H14N2O2. The van der Waals surface area contributed by atoms with Crippen LogP contribution in [0.15, 0.2) is 22.7 Å². The van der Waals surface area contributed by atoms with Gasteiger partial charge in [-0.1, -0.05) is 11.2 Å². The van der Waals surface area contributed by atoms with Crippen LogP contribution in [0, 0.1) is 0 Å². The number of phenols is 1. The minimum atomic E-state index is 0.171. The van der Waals surface area contributed by atoms with Crippen LogP contribution in [0.5, 0.6) is 5.75 Å². The number of rotatable bonds is 1. The number of piperidine rings is 1. The summed E-state index contributed by atoms with van der Waals surface area (Å²) >= 11 is 0. The number of hydrogen-bond donors (Lipinski definition) is 2. The zero-order valence-corrected chi connectivity index (χ0v) is 8.94. The fourth-order valence-electron chi connectivity index (χ4n) is 2.36. The summed E-state index contributed by atoms with van der Waals surface area (Å²) < 4.78 is 5.21. The van der Waals surface area contributed by atoms with Gasteiger partial charge in [-0.25, -0.2) is 0 Å². The molecule has 1 fully saturated rings. The van der Waals surface area contributed by atoms with E-state index >= 15 is 0 Å². The minimum absolute atomic E-state index is 0.171. The zero-order chi connectivity index (χ0) is 11.0. The fourth-order valence-corrected chi connectivity index (χ4v) is 2.36. The van der Waals surface area contributed by atoms with Crippen LogP contribution in [0.3, 0.4) is 0 Å². The first-order chi connectivity index (χ1) is 7.86. The summed E-state index contributed by atoms with van der Waals surface area (Å²) in [6, 6.07) is 5.42. The van der Waals surface area contributed by atoms with E-state index in [4.69, 9.17) is 4.52 Å². The highest BCUT2D eigenvalue weighted by atomic mass is 16.5. The quantitative estimate of drug-likeness (QED) is 0.768. The van der Waals surface area contributed by atoms with Crippen LogP contribution >= 0.6 is 0 Å². The molecule has 0 amide bonds. The molecule has 16 heavy (non-hydrogen) atoms. The summed E-state index contributed by atoms with van der Waals surface area (Å²) in [6.07, 6.45) is 2.16. The molecule has 0 spiro atoms. The van der Waals surface area contributed by atoms with Crippen molar-refractivity contribution in [3.05, 3.63) is 23.9 Å². The molecule has 1 aromatic carbocycles. The molecule has 1 aliphatic rings. The Hall–Kier alpha value is -1.55. The predicted molar refractivity (Wildman–Crippen MR) is 60.5 cm³/mol. The lowest BCUT2D eigenvalue weighted by atomic mass is 9.92. The van der Waals surface area contributed by atoms with Crippen LogP contribution in [-0.4, -0.2) is 23.4 Å². The third kappa shape index (κ3) is 1.46. The van der Waals surface area contributed by atoms with Crippen molar-refractivity contribution >= 4 is 11.0 Å². The summed E-state index contributed by atoms with van der Waals surface area (Å²) in [6.45, 7) is 2.05. The van der Waals surface area contributed by atoms with Gasteiger partial charge in [0.05, 0.1) is 5.69 Å². The number of phenolic OH excluding ortho intramolecular Hbond substituents is 1. The number of fused-ring (bicyclic) bond motifs is 1. The molecule has 1 saturated heterocycles. The highest BCUT2D eigenvalue weighted by Gasteiger charge is 2.22. The number of nitrogens with one attached hydrogen (secondary N) is 1. The molecule has 2 heterocycles. The van der Waals surface area contributed by atoms with Crippen molar-refractivity contribution in [3.8, 4) is 5.75 Å². The Balaban J connectivity index is 2.06. The van der Waals surface area contributed by atoms with E-state index in [0.717, 1.165) is 37.0 Å². The van der Waals surface area contributed by atoms with Gasteiger partial charge >= 0.3 is 0 Å². The van der Waals surface area contributed by atoms with Gasteiger partial charge < -0.3 is 14.9 Å². The number of nitrogens with zero attached hydrogens (tertiary/aromatic N) is 1. The molecule has 84 valence electrons. The van der Waals surface area contributed by atoms with Crippen LogP contribution in [0.2, 0.25) is 0 Å². The Morgan fingerprint density at radius 1 is 1.31 bits per heavy atom. The second-order valence-corrected chi connectivity index (χ2v) is 4.25. The molecule has 2 aromatic rings. The molecule has 2 N–H and O–H groups in total. The number of aromatic hydroxyl groups is 1. The molecular weight excluding hydrogens is 204 g/mol. The maximum Gasteiger partial charge on any atom is 0.208 e. The van der Waals surface area contributed by atoms with E-state index in [1.165, 1.54) is 0 Å². The van der Waals surface area contributed by atoms with Crippen LogP contribution in [0.1, 0.15) is 24.5 Å². The Labute approximate surface area is 93.2 Å². The van der Waals surface area contributed by atoms with Gasteiger partial charge in [-0.05, 0) is 38.1 Å². The topological polar surface area (TPSA) is 58.3 Å². The van der Waals surface area contributed by atoms with Gasteiger partial charge in [0.25, 0.3) is 0 Å². The minimum Gasteiger partial charge on any atom is -0.504 e. The maximum absolute atomic E-state index is 9.64. The normalized spacial score (nSPS) is 18.0. The SMILES string of the molecule is Oc1cccc2c(C3CCNCC3)noc12. The fraction of sp³-hybridized carbons (Fsp3) is 0.417. The Kier molecular flexibility index (Phi) is 2.29. The van der Waals surface area contributed by atoms with Gasteiger partial charge in [0.1, 0.15) is 0 Å². The lowest BCUT2D eigenvalue weighted by Gasteiger charge is -2.20. The largest absolute Gasteiger partial charge is 0.504 e. The third-order valence-corrected chi connectivity index (χ3v) is 3.23. The van der Waals surface area contributed by atoms with Crippen molar-refractivity contribution in [2.75, 3.05) is 13.1 Å². The van der Waals surface area contributed by atoms with E-state index in [1.807, 2.05) is 12.1 Å². The highest BCUT2D eigenvalue weighted by molar-refractivity contribution is 5.84. The van der Waals surface area contributed by atoms with Crippen molar-refractivity contribution in [3.63, 3.8) is 0 Å². The summed E-state index contributed by atoms with van der Waals surface area (Å²) in [7, 11) is 0. The van der Waals surface area contributed by atoms with E-state index in [1.54, 1.807) is 6.07 Å². The molecule has 0 radical (unpaired) electrons. The maximum atomic E-state index is 9.64. The second kappa shape index (κ2) is 3.79. The molecule has 0 saturated carbocycles.